The second kappa shape index (κ2) is 15.5. The molecule has 4 aromatic rings. The fourth-order valence-electron chi connectivity index (χ4n) is 5.01. The van der Waals surface area contributed by atoms with Crippen LogP contribution in [0.3, 0.4) is 0 Å². The number of sulfonamides is 1. The van der Waals surface area contributed by atoms with Crippen LogP contribution in [0.5, 0.6) is 5.75 Å². The lowest BCUT2D eigenvalue weighted by Gasteiger charge is -2.34. The molecule has 10 heteroatoms. The predicted octanol–water partition coefficient (Wildman–Crippen LogP) is 5.89. The van der Waals surface area contributed by atoms with Crippen LogP contribution >= 0.6 is 0 Å². The summed E-state index contributed by atoms with van der Waals surface area (Å²) in [5.74, 6) is -1.17. The molecule has 0 aliphatic carbocycles. The number of carbonyl (C=O) groups is 2. The molecule has 0 aliphatic rings. The van der Waals surface area contributed by atoms with Gasteiger partial charge in [-0.3, -0.25) is 13.9 Å². The summed E-state index contributed by atoms with van der Waals surface area (Å²) < 4.78 is 48.9. The number of amides is 2. The van der Waals surface area contributed by atoms with Gasteiger partial charge in [-0.2, -0.15) is 0 Å². The van der Waals surface area contributed by atoms with E-state index in [9.17, 15) is 22.4 Å². The smallest absolute Gasteiger partial charge is 0.264 e. The number of rotatable bonds is 14. The molecule has 0 fully saturated rings. The first-order chi connectivity index (χ1) is 22.0. The van der Waals surface area contributed by atoms with Crippen molar-refractivity contribution in [3.05, 3.63) is 126 Å². The minimum absolute atomic E-state index is 0.00760. The molecule has 0 heterocycles. The summed E-state index contributed by atoms with van der Waals surface area (Å²) in [5, 5.41) is 3.00. The van der Waals surface area contributed by atoms with E-state index in [1.165, 1.54) is 36.3 Å². The van der Waals surface area contributed by atoms with Gasteiger partial charge in [0.2, 0.25) is 11.8 Å². The third-order valence-corrected chi connectivity index (χ3v) is 9.53. The van der Waals surface area contributed by atoms with Crippen molar-refractivity contribution < 1.29 is 27.1 Å². The molecule has 0 saturated heterocycles. The van der Waals surface area contributed by atoms with Crippen molar-refractivity contribution in [3.63, 3.8) is 0 Å². The van der Waals surface area contributed by atoms with Crippen LogP contribution in [0, 0.1) is 12.7 Å². The van der Waals surface area contributed by atoms with Crippen molar-refractivity contribution in [1.29, 1.82) is 0 Å². The number of carbonyl (C=O) groups excluding carboxylic acids is 2. The van der Waals surface area contributed by atoms with E-state index in [-0.39, 0.29) is 41.2 Å². The van der Waals surface area contributed by atoms with Gasteiger partial charge in [0.1, 0.15) is 24.2 Å². The van der Waals surface area contributed by atoms with Gasteiger partial charge in [0.15, 0.2) is 0 Å². The molecule has 0 aliphatic heterocycles. The van der Waals surface area contributed by atoms with E-state index in [1.807, 2.05) is 51.1 Å². The van der Waals surface area contributed by atoms with Crippen LogP contribution in [0.2, 0.25) is 0 Å². The maximum absolute atomic E-state index is 14.6. The highest BCUT2D eigenvalue weighted by molar-refractivity contribution is 7.92. The first-order valence-electron chi connectivity index (χ1n) is 15.1. The van der Waals surface area contributed by atoms with Gasteiger partial charge in [-0.15, -0.1) is 0 Å². The molecule has 0 unspecified atom stereocenters. The number of ether oxygens (including phenoxy) is 1. The Morgan fingerprint density at radius 1 is 0.891 bits per heavy atom. The number of methoxy groups -OCH3 is 1. The SMILES string of the molecule is CC[C@H](C)NC(=O)[C@@H](Cc1ccccc1)N(Cc1ccc(F)cc1)C(=O)CN(c1cc(C)ccc1OC)S(=O)(=O)c1ccccc1. The number of benzene rings is 4. The van der Waals surface area contributed by atoms with Crippen LogP contribution in [0.25, 0.3) is 0 Å². The fourth-order valence-corrected chi connectivity index (χ4v) is 6.45. The van der Waals surface area contributed by atoms with E-state index in [0.717, 1.165) is 15.4 Å². The monoisotopic (exact) mass is 645 g/mol. The molecule has 8 nitrogen and oxygen atoms in total. The molecule has 46 heavy (non-hydrogen) atoms. The van der Waals surface area contributed by atoms with Crippen LogP contribution in [0.1, 0.15) is 37.0 Å². The molecule has 242 valence electrons. The van der Waals surface area contributed by atoms with E-state index in [0.29, 0.717) is 12.0 Å². The number of hydrogen-bond donors (Lipinski definition) is 1. The Bertz CT molecular complexity index is 1720. The fraction of sp³-hybridized carbons (Fsp3) is 0.278. The normalized spacial score (nSPS) is 12.5. The zero-order valence-corrected chi connectivity index (χ0v) is 27.3. The average Bonchev–Trinajstić information content (AvgIpc) is 3.06. The van der Waals surface area contributed by atoms with Gasteiger partial charge in [-0.25, -0.2) is 12.8 Å². The molecule has 0 bridgehead atoms. The minimum Gasteiger partial charge on any atom is -0.495 e. The predicted molar refractivity (Wildman–Crippen MR) is 177 cm³/mol. The summed E-state index contributed by atoms with van der Waals surface area (Å²) in [5.41, 5.74) is 2.34. The second-order valence-electron chi connectivity index (χ2n) is 11.2. The number of nitrogens with one attached hydrogen (secondary N) is 1. The largest absolute Gasteiger partial charge is 0.495 e. The highest BCUT2D eigenvalue weighted by Gasteiger charge is 2.35. The van der Waals surface area contributed by atoms with Crippen LogP contribution in [-0.4, -0.2) is 50.9 Å². The third-order valence-electron chi connectivity index (χ3n) is 7.75. The maximum atomic E-state index is 14.6. The third kappa shape index (κ3) is 8.51. The van der Waals surface area contributed by atoms with Crippen molar-refractivity contribution >= 4 is 27.5 Å². The highest BCUT2D eigenvalue weighted by Crippen LogP contribution is 2.34. The minimum atomic E-state index is -4.28. The van der Waals surface area contributed by atoms with Crippen molar-refractivity contribution in [2.45, 2.75) is 57.1 Å². The summed E-state index contributed by atoms with van der Waals surface area (Å²) in [6, 6.07) is 26.7. The first kappa shape index (κ1) is 34.2. The van der Waals surface area contributed by atoms with Gasteiger partial charge in [-0.05, 0) is 73.4 Å². The summed E-state index contributed by atoms with van der Waals surface area (Å²) in [7, 11) is -2.85. The van der Waals surface area contributed by atoms with Crippen LogP contribution in [0.15, 0.2) is 108 Å². The molecular formula is C36H40FN3O5S. The number of halogens is 1. The molecule has 2 atom stereocenters. The Hall–Kier alpha value is -4.70. The molecule has 4 rings (SSSR count). The molecular weight excluding hydrogens is 605 g/mol. The topological polar surface area (TPSA) is 96.0 Å². The van der Waals surface area contributed by atoms with E-state index >= 15 is 0 Å². The van der Waals surface area contributed by atoms with Crippen molar-refractivity contribution in [2.75, 3.05) is 18.0 Å². The Morgan fingerprint density at radius 3 is 2.13 bits per heavy atom. The lowest BCUT2D eigenvalue weighted by molar-refractivity contribution is -0.140. The lowest BCUT2D eigenvalue weighted by Crippen LogP contribution is -2.54. The standard InChI is InChI=1S/C36H40FN3O5S/c1-5-27(3)38-36(42)33(23-28-12-8-6-9-13-28)39(24-29-17-19-30(37)20-18-29)35(41)25-40(32-22-26(2)16-21-34(32)45-4)46(43,44)31-14-10-7-11-15-31/h6-22,27,33H,5,23-25H2,1-4H3,(H,38,42)/t27-,33+/m0/s1. The summed E-state index contributed by atoms with van der Waals surface area (Å²) >= 11 is 0. The van der Waals surface area contributed by atoms with Crippen LogP contribution in [-0.2, 0) is 32.6 Å². The number of aryl methyl sites for hydroxylation is 1. The lowest BCUT2D eigenvalue weighted by atomic mass is 10.0. The number of hydrogen-bond acceptors (Lipinski definition) is 5. The molecule has 2 amide bonds. The summed E-state index contributed by atoms with van der Waals surface area (Å²) in [4.78, 5) is 29.9. The van der Waals surface area contributed by atoms with Gasteiger partial charge in [0, 0.05) is 19.0 Å². The van der Waals surface area contributed by atoms with E-state index in [1.54, 1.807) is 48.5 Å². The van der Waals surface area contributed by atoms with Gasteiger partial charge in [0.25, 0.3) is 10.0 Å². The van der Waals surface area contributed by atoms with Crippen molar-refractivity contribution in [1.82, 2.24) is 10.2 Å². The van der Waals surface area contributed by atoms with Crippen molar-refractivity contribution in [3.8, 4) is 5.75 Å². The van der Waals surface area contributed by atoms with E-state index in [2.05, 4.69) is 5.32 Å². The highest BCUT2D eigenvalue weighted by atomic mass is 32.2. The molecule has 0 aromatic heterocycles. The molecule has 1 N–H and O–H groups in total. The Kier molecular flexibility index (Phi) is 11.5. The van der Waals surface area contributed by atoms with Gasteiger partial charge < -0.3 is 15.0 Å². The molecule has 0 saturated carbocycles. The quantitative estimate of drug-likeness (QED) is 0.185. The second-order valence-corrected chi connectivity index (χ2v) is 13.0. The molecule has 4 aromatic carbocycles. The summed E-state index contributed by atoms with van der Waals surface area (Å²) in [6.07, 6.45) is 0.848. The zero-order chi connectivity index (χ0) is 33.3. The number of anilines is 1. The van der Waals surface area contributed by atoms with Crippen LogP contribution < -0.4 is 14.4 Å². The van der Waals surface area contributed by atoms with Gasteiger partial charge in [0.05, 0.1) is 17.7 Å². The maximum Gasteiger partial charge on any atom is 0.264 e. The van der Waals surface area contributed by atoms with Crippen molar-refractivity contribution in [2.24, 2.45) is 0 Å². The molecule has 0 spiro atoms. The van der Waals surface area contributed by atoms with Crippen LogP contribution in [0.4, 0.5) is 10.1 Å². The average molecular weight is 646 g/mol. The Morgan fingerprint density at radius 2 is 1.52 bits per heavy atom. The summed E-state index contributed by atoms with van der Waals surface area (Å²) in [6.45, 7) is 4.95. The van der Waals surface area contributed by atoms with E-state index < -0.39 is 34.3 Å². The van der Waals surface area contributed by atoms with Gasteiger partial charge >= 0.3 is 0 Å². The Labute approximate surface area is 270 Å². The Balaban J connectivity index is 1.84. The zero-order valence-electron chi connectivity index (χ0n) is 26.5. The van der Waals surface area contributed by atoms with E-state index in [4.69, 9.17) is 4.74 Å². The molecule has 0 radical (unpaired) electrons. The van der Waals surface area contributed by atoms with Gasteiger partial charge in [-0.1, -0.05) is 73.7 Å². The first-order valence-corrected chi connectivity index (χ1v) is 16.6. The number of nitrogens with zero attached hydrogens (tertiary/aromatic N) is 2.